The van der Waals surface area contributed by atoms with Crippen molar-refractivity contribution in [2.75, 3.05) is 0 Å². The summed E-state index contributed by atoms with van der Waals surface area (Å²) < 4.78 is 55.3. The lowest BCUT2D eigenvalue weighted by molar-refractivity contribution is -0.141. The van der Waals surface area contributed by atoms with E-state index in [1.165, 1.54) is 7.05 Å². The number of rotatable bonds is 4. The standard InChI is InChI=1S/C19H18F4N6O/c1-10-6-11(12(20)9-24-10)13-7-16(29(3)26-13)18(4-5-18)25-17(30)14-8-15(19(21,22)23)27-28(14)2/h6-9H,4-5H2,1-3H3,(H,25,30). The van der Waals surface area contributed by atoms with Crippen LogP contribution < -0.4 is 5.32 Å². The van der Waals surface area contributed by atoms with Crippen LogP contribution in [0.15, 0.2) is 24.4 Å². The summed E-state index contributed by atoms with van der Waals surface area (Å²) in [5.41, 5.74) is -0.178. The summed E-state index contributed by atoms with van der Waals surface area (Å²) in [5, 5.41) is 10.5. The number of aromatic nitrogens is 5. The van der Waals surface area contributed by atoms with Crippen LogP contribution in [0.2, 0.25) is 0 Å². The predicted molar refractivity (Wildman–Crippen MR) is 97.7 cm³/mol. The van der Waals surface area contributed by atoms with E-state index in [4.69, 9.17) is 0 Å². The van der Waals surface area contributed by atoms with Gasteiger partial charge in [0.1, 0.15) is 5.69 Å². The van der Waals surface area contributed by atoms with Gasteiger partial charge in [0.25, 0.3) is 5.91 Å². The van der Waals surface area contributed by atoms with Crippen molar-refractivity contribution in [3.63, 3.8) is 0 Å². The van der Waals surface area contributed by atoms with Crippen LogP contribution in [0.1, 0.15) is 40.4 Å². The van der Waals surface area contributed by atoms with Crippen LogP contribution in [-0.2, 0) is 25.8 Å². The topological polar surface area (TPSA) is 77.6 Å². The first-order valence-electron chi connectivity index (χ1n) is 9.11. The Bertz CT molecular complexity index is 1140. The van der Waals surface area contributed by atoms with Crippen LogP contribution in [0.4, 0.5) is 17.6 Å². The van der Waals surface area contributed by atoms with E-state index in [1.54, 1.807) is 30.8 Å². The molecule has 0 atom stereocenters. The van der Waals surface area contributed by atoms with Crippen LogP contribution in [0.3, 0.4) is 0 Å². The third kappa shape index (κ3) is 3.44. The molecule has 0 aromatic carbocycles. The zero-order chi connectivity index (χ0) is 21.8. The number of amides is 1. The van der Waals surface area contributed by atoms with E-state index in [0.29, 0.717) is 29.9 Å². The van der Waals surface area contributed by atoms with Gasteiger partial charge in [-0.2, -0.15) is 23.4 Å². The van der Waals surface area contributed by atoms with Crippen LogP contribution in [0.5, 0.6) is 0 Å². The molecule has 3 heterocycles. The quantitative estimate of drug-likeness (QED) is 0.656. The minimum Gasteiger partial charge on any atom is -0.340 e. The number of aryl methyl sites for hydroxylation is 3. The van der Waals surface area contributed by atoms with Crippen molar-refractivity contribution in [1.29, 1.82) is 0 Å². The van der Waals surface area contributed by atoms with Gasteiger partial charge in [0.05, 0.1) is 23.1 Å². The van der Waals surface area contributed by atoms with Gasteiger partial charge in [-0.25, -0.2) is 4.39 Å². The molecule has 30 heavy (non-hydrogen) atoms. The summed E-state index contributed by atoms with van der Waals surface area (Å²) in [6.45, 7) is 1.73. The molecule has 0 aliphatic heterocycles. The van der Waals surface area contributed by atoms with E-state index in [2.05, 4.69) is 20.5 Å². The lowest BCUT2D eigenvalue weighted by atomic mass is 10.1. The molecule has 3 aromatic rings. The first kappa shape index (κ1) is 20.0. The first-order chi connectivity index (χ1) is 14.0. The summed E-state index contributed by atoms with van der Waals surface area (Å²) >= 11 is 0. The average molecular weight is 422 g/mol. The highest BCUT2D eigenvalue weighted by atomic mass is 19.4. The molecule has 11 heteroatoms. The largest absolute Gasteiger partial charge is 0.435 e. The summed E-state index contributed by atoms with van der Waals surface area (Å²) in [7, 11) is 2.95. The SMILES string of the molecule is Cc1cc(-c2cc(C3(NC(=O)c4cc(C(F)(F)F)nn4C)CC3)n(C)n2)c(F)cn1. The number of carbonyl (C=O) groups is 1. The number of hydrogen-bond donors (Lipinski definition) is 1. The molecule has 0 bridgehead atoms. The fraction of sp³-hybridized carbons (Fsp3) is 0.368. The highest BCUT2D eigenvalue weighted by Crippen LogP contribution is 2.46. The van der Waals surface area contributed by atoms with E-state index in [-0.39, 0.29) is 11.3 Å². The molecule has 0 radical (unpaired) electrons. The van der Waals surface area contributed by atoms with Crippen molar-refractivity contribution >= 4 is 5.91 Å². The summed E-state index contributed by atoms with van der Waals surface area (Å²) in [6, 6.07) is 3.97. The number of pyridine rings is 1. The molecule has 3 aromatic heterocycles. The Morgan fingerprint density at radius 1 is 1.13 bits per heavy atom. The van der Waals surface area contributed by atoms with Crippen molar-refractivity contribution in [2.24, 2.45) is 14.1 Å². The smallest absolute Gasteiger partial charge is 0.340 e. The van der Waals surface area contributed by atoms with Gasteiger partial charge in [0.2, 0.25) is 0 Å². The summed E-state index contributed by atoms with van der Waals surface area (Å²) in [4.78, 5) is 16.6. The zero-order valence-corrected chi connectivity index (χ0v) is 16.4. The second-order valence-electron chi connectivity index (χ2n) is 7.42. The monoisotopic (exact) mass is 422 g/mol. The maximum atomic E-state index is 14.2. The number of nitrogens with zero attached hydrogens (tertiary/aromatic N) is 5. The van der Waals surface area contributed by atoms with Gasteiger partial charge in [0, 0.05) is 31.4 Å². The second-order valence-corrected chi connectivity index (χ2v) is 7.42. The minimum absolute atomic E-state index is 0.202. The molecule has 0 unspecified atom stereocenters. The molecular weight excluding hydrogens is 404 g/mol. The van der Waals surface area contributed by atoms with Gasteiger partial charge in [-0.05, 0) is 31.9 Å². The van der Waals surface area contributed by atoms with Gasteiger partial charge in [-0.3, -0.25) is 19.1 Å². The maximum Gasteiger partial charge on any atom is 0.435 e. The molecular formula is C19H18F4N6O. The summed E-state index contributed by atoms with van der Waals surface area (Å²) in [5.74, 6) is -1.19. The molecule has 7 nitrogen and oxygen atoms in total. The maximum absolute atomic E-state index is 14.2. The molecule has 0 saturated heterocycles. The zero-order valence-electron chi connectivity index (χ0n) is 16.4. The van der Waals surface area contributed by atoms with Crippen molar-refractivity contribution in [1.82, 2.24) is 29.9 Å². The Balaban J connectivity index is 1.63. The van der Waals surface area contributed by atoms with Gasteiger partial charge >= 0.3 is 6.18 Å². The number of halogens is 4. The van der Waals surface area contributed by atoms with E-state index in [0.717, 1.165) is 16.9 Å². The molecule has 1 fully saturated rings. The molecule has 4 rings (SSSR count). The van der Waals surface area contributed by atoms with Crippen LogP contribution in [0.25, 0.3) is 11.3 Å². The molecule has 1 N–H and O–H groups in total. The highest BCUT2D eigenvalue weighted by molar-refractivity contribution is 5.93. The number of carbonyl (C=O) groups excluding carboxylic acids is 1. The fourth-order valence-electron chi connectivity index (χ4n) is 3.46. The van der Waals surface area contributed by atoms with E-state index in [9.17, 15) is 22.4 Å². The lowest BCUT2D eigenvalue weighted by Gasteiger charge is -2.17. The Hall–Kier alpha value is -3.24. The molecule has 1 amide bonds. The summed E-state index contributed by atoms with van der Waals surface area (Å²) in [6.07, 6.45) is -2.36. The average Bonchev–Trinajstić information content (AvgIpc) is 3.12. The predicted octanol–water partition coefficient (Wildman–Crippen LogP) is 3.10. The molecule has 1 saturated carbocycles. The van der Waals surface area contributed by atoms with E-state index >= 15 is 0 Å². The number of nitrogens with one attached hydrogen (secondary N) is 1. The highest BCUT2D eigenvalue weighted by Gasteiger charge is 2.49. The van der Waals surface area contributed by atoms with Crippen molar-refractivity contribution < 1.29 is 22.4 Å². The molecule has 1 aliphatic carbocycles. The third-order valence-electron chi connectivity index (χ3n) is 5.14. The van der Waals surface area contributed by atoms with Crippen molar-refractivity contribution in [3.05, 3.63) is 53.0 Å². The van der Waals surface area contributed by atoms with Crippen molar-refractivity contribution in [2.45, 2.75) is 31.5 Å². The number of alkyl halides is 3. The van der Waals surface area contributed by atoms with Gasteiger partial charge in [-0.15, -0.1) is 0 Å². The molecule has 1 aliphatic rings. The Morgan fingerprint density at radius 2 is 1.83 bits per heavy atom. The van der Waals surface area contributed by atoms with Crippen molar-refractivity contribution in [3.8, 4) is 11.3 Å². The van der Waals surface area contributed by atoms with Crippen LogP contribution >= 0.6 is 0 Å². The van der Waals surface area contributed by atoms with Gasteiger partial charge in [-0.1, -0.05) is 0 Å². The number of hydrogen-bond acceptors (Lipinski definition) is 4. The first-order valence-corrected chi connectivity index (χ1v) is 9.11. The van der Waals surface area contributed by atoms with Crippen LogP contribution in [0, 0.1) is 12.7 Å². The Kier molecular flexibility index (Phi) is 4.44. The van der Waals surface area contributed by atoms with Gasteiger partial charge < -0.3 is 5.32 Å². The Labute approximate surface area is 168 Å². The molecule has 0 spiro atoms. The fourth-order valence-corrected chi connectivity index (χ4v) is 3.46. The normalized spacial score (nSPS) is 15.3. The van der Waals surface area contributed by atoms with Gasteiger partial charge in [0.15, 0.2) is 11.5 Å². The lowest BCUT2D eigenvalue weighted by Crippen LogP contribution is -2.37. The second kappa shape index (κ2) is 6.64. The van der Waals surface area contributed by atoms with E-state index < -0.39 is 29.1 Å². The van der Waals surface area contributed by atoms with E-state index in [1.807, 2.05) is 0 Å². The minimum atomic E-state index is -4.64. The third-order valence-corrected chi connectivity index (χ3v) is 5.14. The molecule has 158 valence electrons. The van der Waals surface area contributed by atoms with Crippen LogP contribution in [-0.4, -0.2) is 30.5 Å². The Morgan fingerprint density at radius 3 is 2.43 bits per heavy atom.